The van der Waals surface area contributed by atoms with E-state index in [0.29, 0.717) is 30.9 Å². The molecule has 0 bridgehead atoms. The minimum atomic E-state index is -0.374. The summed E-state index contributed by atoms with van der Waals surface area (Å²) in [5, 5.41) is 0. The normalized spacial score (nSPS) is 17.0. The van der Waals surface area contributed by atoms with Crippen LogP contribution in [0.5, 0.6) is 5.75 Å². The molecule has 3 rings (SSSR count). The summed E-state index contributed by atoms with van der Waals surface area (Å²) >= 11 is 0. The van der Waals surface area contributed by atoms with E-state index in [4.69, 9.17) is 4.74 Å². The zero-order valence-corrected chi connectivity index (χ0v) is 13.5. The van der Waals surface area contributed by atoms with Crippen molar-refractivity contribution in [2.75, 3.05) is 25.2 Å². The summed E-state index contributed by atoms with van der Waals surface area (Å²) in [6, 6.07) is 16.5. The predicted octanol–water partition coefficient (Wildman–Crippen LogP) is 2.91. The molecule has 24 heavy (non-hydrogen) atoms. The van der Waals surface area contributed by atoms with Crippen LogP contribution in [0.15, 0.2) is 54.6 Å². The Morgan fingerprint density at radius 3 is 2.50 bits per heavy atom. The van der Waals surface area contributed by atoms with Crippen LogP contribution >= 0.6 is 0 Å². The number of esters is 1. The highest BCUT2D eigenvalue weighted by Crippen LogP contribution is 2.25. The molecule has 0 unspecified atom stereocenters. The molecule has 1 fully saturated rings. The van der Waals surface area contributed by atoms with Crippen molar-refractivity contribution in [3.63, 3.8) is 0 Å². The Bertz CT molecular complexity index is 712. The van der Waals surface area contributed by atoms with Crippen LogP contribution in [0.25, 0.3) is 0 Å². The molecule has 1 atom stereocenters. The molecule has 0 aliphatic carbocycles. The largest absolute Gasteiger partial charge is 0.493 e. The summed E-state index contributed by atoms with van der Waals surface area (Å²) in [5.41, 5.74) is 1.41. The molecular formula is C19H19NO4. The van der Waals surface area contributed by atoms with Gasteiger partial charge in [-0.3, -0.25) is 4.79 Å². The summed E-state index contributed by atoms with van der Waals surface area (Å²) in [7, 11) is 1.35. The average Bonchev–Trinajstić information content (AvgIpc) is 3.01. The Hall–Kier alpha value is -2.82. The van der Waals surface area contributed by atoms with Gasteiger partial charge in [0.2, 0.25) is 5.91 Å². The highest BCUT2D eigenvalue weighted by molar-refractivity contribution is 5.95. The molecule has 1 heterocycles. The summed E-state index contributed by atoms with van der Waals surface area (Å²) in [5.74, 6) is 0.573. The monoisotopic (exact) mass is 325 g/mol. The van der Waals surface area contributed by atoms with Crippen LogP contribution in [0.3, 0.4) is 0 Å². The van der Waals surface area contributed by atoms with E-state index in [1.165, 1.54) is 7.11 Å². The van der Waals surface area contributed by atoms with Gasteiger partial charge in [0.1, 0.15) is 5.75 Å². The van der Waals surface area contributed by atoms with Gasteiger partial charge in [0.15, 0.2) is 0 Å². The van der Waals surface area contributed by atoms with E-state index in [2.05, 4.69) is 4.74 Å². The maximum atomic E-state index is 12.2. The van der Waals surface area contributed by atoms with Crippen LogP contribution in [0, 0.1) is 5.92 Å². The third-order valence-electron chi connectivity index (χ3n) is 4.03. The molecule has 0 radical (unpaired) electrons. The number of methoxy groups -OCH3 is 1. The second-order valence-electron chi connectivity index (χ2n) is 5.74. The van der Waals surface area contributed by atoms with Crippen molar-refractivity contribution in [2.24, 2.45) is 5.92 Å². The van der Waals surface area contributed by atoms with Crippen LogP contribution in [0.2, 0.25) is 0 Å². The van der Waals surface area contributed by atoms with E-state index < -0.39 is 0 Å². The highest BCUT2D eigenvalue weighted by atomic mass is 16.5. The highest BCUT2D eigenvalue weighted by Gasteiger charge is 2.30. The third kappa shape index (κ3) is 3.56. The van der Waals surface area contributed by atoms with E-state index in [1.807, 2.05) is 30.3 Å². The Morgan fingerprint density at radius 2 is 1.83 bits per heavy atom. The van der Waals surface area contributed by atoms with E-state index in [1.54, 1.807) is 29.2 Å². The zero-order valence-electron chi connectivity index (χ0n) is 13.5. The first-order chi connectivity index (χ1) is 11.7. The van der Waals surface area contributed by atoms with E-state index in [-0.39, 0.29) is 17.8 Å². The molecule has 1 amide bonds. The molecule has 0 N–H and O–H groups in total. The number of ether oxygens (including phenoxy) is 2. The number of hydrogen-bond acceptors (Lipinski definition) is 4. The lowest BCUT2D eigenvalue weighted by Gasteiger charge is -2.17. The molecule has 0 spiro atoms. The van der Waals surface area contributed by atoms with Crippen molar-refractivity contribution < 1.29 is 19.1 Å². The van der Waals surface area contributed by atoms with Gasteiger partial charge in [0, 0.05) is 24.6 Å². The van der Waals surface area contributed by atoms with Crippen molar-refractivity contribution in [1.29, 1.82) is 0 Å². The van der Waals surface area contributed by atoms with Crippen molar-refractivity contribution in [1.82, 2.24) is 0 Å². The van der Waals surface area contributed by atoms with Crippen molar-refractivity contribution in [2.45, 2.75) is 6.42 Å². The van der Waals surface area contributed by atoms with E-state index in [9.17, 15) is 9.59 Å². The number of nitrogens with zero attached hydrogens (tertiary/aromatic N) is 1. The number of benzene rings is 2. The first-order valence-electron chi connectivity index (χ1n) is 7.84. The minimum absolute atomic E-state index is 0.121. The maximum Gasteiger partial charge on any atom is 0.337 e. The maximum absolute atomic E-state index is 12.2. The summed E-state index contributed by atoms with van der Waals surface area (Å²) in [4.78, 5) is 25.4. The molecule has 2 aromatic carbocycles. The molecule has 1 aliphatic heterocycles. The lowest BCUT2D eigenvalue weighted by Crippen LogP contribution is -2.25. The fraction of sp³-hybridized carbons (Fsp3) is 0.263. The predicted molar refractivity (Wildman–Crippen MR) is 90.2 cm³/mol. The molecule has 0 saturated carbocycles. The molecule has 5 heteroatoms. The standard InChI is InChI=1S/C19H19NO4/c1-23-19(22)15-7-9-17(10-8-15)24-13-14-11-18(21)20(12-14)16-5-3-2-4-6-16/h2-10,14H,11-13H2,1H3/t14-/m1/s1. The smallest absolute Gasteiger partial charge is 0.337 e. The Balaban J connectivity index is 1.56. The fourth-order valence-corrected chi connectivity index (χ4v) is 2.77. The van der Waals surface area contributed by atoms with E-state index >= 15 is 0 Å². The number of rotatable bonds is 5. The summed E-state index contributed by atoms with van der Waals surface area (Å²) in [6.07, 6.45) is 0.481. The van der Waals surface area contributed by atoms with E-state index in [0.717, 1.165) is 5.69 Å². The molecule has 5 nitrogen and oxygen atoms in total. The number of anilines is 1. The Morgan fingerprint density at radius 1 is 1.12 bits per heavy atom. The van der Waals surface area contributed by atoms with Crippen LogP contribution in [0.1, 0.15) is 16.8 Å². The molecule has 2 aromatic rings. The van der Waals surface area contributed by atoms with Gasteiger partial charge in [-0.15, -0.1) is 0 Å². The molecule has 124 valence electrons. The topological polar surface area (TPSA) is 55.8 Å². The van der Waals surface area contributed by atoms with Crippen molar-refractivity contribution in [3.8, 4) is 5.75 Å². The quantitative estimate of drug-likeness (QED) is 0.793. The summed E-state index contributed by atoms with van der Waals surface area (Å²) in [6.45, 7) is 1.12. The number of carbonyl (C=O) groups excluding carboxylic acids is 2. The van der Waals surface area contributed by atoms with Gasteiger partial charge in [-0.1, -0.05) is 18.2 Å². The number of amides is 1. The average molecular weight is 325 g/mol. The first kappa shape index (κ1) is 16.1. The second kappa shape index (κ2) is 7.17. The fourth-order valence-electron chi connectivity index (χ4n) is 2.77. The second-order valence-corrected chi connectivity index (χ2v) is 5.74. The van der Waals surface area contributed by atoms with Crippen molar-refractivity contribution >= 4 is 17.6 Å². The van der Waals surface area contributed by atoms with Crippen molar-refractivity contribution in [3.05, 3.63) is 60.2 Å². The number of carbonyl (C=O) groups is 2. The van der Waals surface area contributed by atoms with Gasteiger partial charge in [-0.2, -0.15) is 0 Å². The first-order valence-corrected chi connectivity index (χ1v) is 7.84. The van der Waals surface area contributed by atoms with Gasteiger partial charge >= 0.3 is 5.97 Å². The third-order valence-corrected chi connectivity index (χ3v) is 4.03. The zero-order chi connectivity index (χ0) is 16.9. The molecule has 1 aliphatic rings. The van der Waals surface area contributed by atoms with Gasteiger partial charge in [-0.05, 0) is 36.4 Å². The van der Waals surface area contributed by atoms with Gasteiger partial charge in [-0.25, -0.2) is 4.79 Å². The summed E-state index contributed by atoms with van der Waals surface area (Å²) < 4.78 is 10.4. The van der Waals surface area contributed by atoms with Gasteiger partial charge in [0.05, 0.1) is 19.3 Å². The SMILES string of the molecule is COC(=O)c1ccc(OC[C@@H]2CC(=O)N(c3ccccc3)C2)cc1. The lowest BCUT2D eigenvalue weighted by atomic mass is 10.1. The minimum Gasteiger partial charge on any atom is -0.493 e. The number of para-hydroxylation sites is 1. The molecule has 0 aromatic heterocycles. The van der Waals surface area contributed by atoms with Crippen LogP contribution in [0.4, 0.5) is 5.69 Å². The van der Waals surface area contributed by atoms with Crippen LogP contribution in [-0.4, -0.2) is 32.1 Å². The molecular weight excluding hydrogens is 306 g/mol. The Kier molecular flexibility index (Phi) is 4.79. The molecule has 1 saturated heterocycles. The van der Waals surface area contributed by atoms with Crippen LogP contribution < -0.4 is 9.64 Å². The Labute approximate surface area is 140 Å². The lowest BCUT2D eigenvalue weighted by molar-refractivity contribution is -0.117. The van der Waals surface area contributed by atoms with Gasteiger partial charge < -0.3 is 14.4 Å². The number of hydrogen-bond donors (Lipinski definition) is 0. The van der Waals surface area contributed by atoms with Gasteiger partial charge in [0.25, 0.3) is 0 Å². The van der Waals surface area contributed by atoms with Crippen LogP contribution in [-0.2, 0) is 9.53 Å².